The van der Waals surface area contributed by atoms with Gasteiger partial charge in [-0.2, -0.15) is 0 Å². The van der Waals surface area contributed by atoms with Crippen LogP contribution in [0.1, 0.15) is 18.4 Å². The van der Waals surface area contributed by atoms with Crippen molar-refractivity contribution in [3.05, 3.63) is 35.9 Å². The maximum Gasteiger partial charge on any atom is 0.0729 e. The Kier molecular flexibility index (Phi) is 2.25. The number of rotatable bonds is 2. The van der Waals surface area contributed by atoms with Gasteiger partial charge in [0.05, 0.1) is 12.2 Å². The normalized spacial score (nSPS) is 52.1. The van der Waals surface area contributed by atoms with Crippen molar-refractivity contribution >= 4 is 0 Å². The first kappa shape index (κ1) is 11.7. The molecule has 1 aliphatic heterocycles. The van der Waals surface area contributed by atoms with Gasteiger partial charge in [-0.05, 0) is 42.1 Å². The van der Waals surface area contributed by atoms with Crippen molar-refractivity contribution in [1.82, 2.24) is 4.90 Å². The molecule has 1 aromatic carbocycles. The maximum absolute atomic E-state index is 10.6. The zero-order valence-electron chi connectivity index (χ0n) is 11.5. The molecule has 3 heteroatoms. The summed E-state index contributed by atoms with van der Waals surface area (Å²) in [6.45, 7) is 0.868. The van der Waals surface area contributed by atoms with Gasteiger partial charge in [-0.25, -0.2) is 0 Å². The number of benzene rings is 1. The lowest BCUT2D eigenvalue weighted by Gasteiger charge is -2.48. The summed E-state index contributed by atoms with van der Waals surface area (Å²) in [4.78, 5) is 2.43. The highest BCUT2D eigenvalue weighted by atomic mass is 16.3. The minimum absolute atomic E-state index is 0.164. The fourth-order valence-electron chi connectivity index (χ4n) is 6.04. The Bertz CT molecular complexity index is 533. The third kappa shape index (κ3) is 1.27. The molecule has 0 spiro atoms. The second-order valence-electron chi connectivity index (χ2n) is 7.24. The van der Waals surface area contributed by atoms with Gasteiger partial charge in [-0.1, -0.05) is 30.3 Å². The van der Waals surface area contributed by atoms with Gasteiger partial charge in [0.25, 0.3) is 0 Å². The van der Waals surface area contributed by atoms with E-state index in [2.05, 4.69) is 29.2 Å². The number of hydrogen-bond acceptors (Lipinski definition) is 3. The van der Waals surface area contributed by atoms with E-state index in [1.54, 1.807) is 0 Å². The largest absolute Gasteiger partial charge is 0.391 e. The molecule has 20 heavy (non-hydrogen) atoms. The van der Waals surface area contributed by atoms with Crippen LogP contribution in [-0.2, 0) is 6.54 Å². The predicted octanol–water partition coefficient (Wildman–Crippen LogP) is 1.25. The van der Waals surface area contributed by atoms with E-state index in [0.717, 1.165) is 19.4 Å². The van der Waals surface area contributed by atoms with Gasteiger partial charge in [-0.15, -0.1) is 0 Å². The van der Waals surface area contributed by atoms with Gasteiger partial charge in [0.1, 0.15) is 0 Å². The number of piperidine rings is 1. The average Bonchev–Trinajstić information content (AvgIpc) is 3.03. The highest BCUT2D eigenvalue weighted by Crippen LogP contribution is 2.64. The van der Waals surface area contributed by atoms with E-state index in [0.29, 0.717) is 23.7 Å². The first-order valence-electron chi connectivity index (χ1n) is 7.91. The Morgan fingerprint density at radius 3 is 2.55 bits per heavy atom. The fraction of sp³-hybridized carbons (Fsp3) is 0.647. The van der Waals surface area contributed by atoms with Gasteiger partial charge in [0.15, 0.2) is 0 Å². The first-order chi connectivity index (χ1) is 9.75. The molecule has 3 nitrogen and oxygen atoms in total. The van der Waals surface area contributed by atoms with Crippen LogP contribution in [-0.4, -0.2) is 39.4 Å². The molecule has 3 aliphatic carbocycles. The highest BCUT2D eigenvalue weighted by Gasteiger charge is 2.69. The molecule has 4 aliphatic rings. The lowest BCUT2D eigenvalue weighted by molar-refractivity contribution is -0.102. The van der Waals surface area contributed by atoms with Gasteiger partial charge >= 0.3 is 0 Å². The summed E-state index contributed by atoms with van der Waals surface area (Å²) in [5.74, 6) is 2.03. The fourth-order valence-corrected chi connectivity index (χ4v) is 6.04. The van der Waals surface area contributed by atoms with Gasteiger partial charge < -0.3 is 10.2 Å². The van der Waals surface area contributed by atoms with Crippen LogP contribution in [0.2, 0.25) is 0 Å². The number of fused-ring (bicyclic) bond motifs is 3. The molecule has 3 saturated carbocycles. The highest BCUT2D eigenvalue weighted by molar-refractivity contribution is 5.23. The second kappa shape index (κ2) is 3.85. The summed E-state index contributed by atoms with van der Waals surface area (Å²) < 4.78 is 0. The van der Waals surface area contributed by atoms with Crippen molar-refractivity contribution in [2.45, 2.75) is 43.7 Å². The van der Waals surface area contributed by atoms with E-state index in [-0.39, 0.29) is 24.3 Å². The van der Waals surface area contributed by atoms with Crippen LogP contribution in [0.4, 0.5) is 0 Å². The minimum Gasteiger partial charge on any atom is -0.391 e. The van der Waals surface area contributed by atoms with Crippen molar-refractivity contribution in [3.8, 4) is 0 Å². The topological polar surface area (TPSA) is 43.7 Å². The number of aliphatic hydroxyl groups excluding tert-OH is 2. The van der Waals surface area contributed by atoms with Crippen LogP contribution in [0.15, 0.2) is 30.3 Å². The van der Waals surface area contributed by atoms with Gasteiger partial charge in [-0.3, -0.25) is 4.90 Å². The molecule has 1 heterocycles. The SMILES string of the molecule is O[C@@H]1[C@H]2C[C@@H]3[C@H]4[C@@H](O)[C@@H](C[C@H]24)N(Cc2ccccc2)[C@H]13. The number of likely N-dealkylation sites (tertiary alicyclic amines) is 1. The Morgan fingerprint density at radius 1 is 0.950 bits per heavy atom. The number of aliphatic hydroxyl groups is 2. The Morgan fingerprint density at radius 2 is 1.75 bits per heavy atom. The van der Waals surface area contributed by atoms with Crippen LogP contribution in [0, 0.1) is 23.7 Å². The molecule has 1 aromatic rings. The van der Waals surface area contributed by atoms with E-state index in [1.165, 1.54) is 5.56 Å². The third-order valence-electron chi connectivity index (χ3n) is 6.63. The Balaban J connectivity index is 1.53. The average molecular weight is 271 g/mol. The molecule has 0 unspecified atom stereocenters. The number of nitrogens with zero attached hydrogens (tertiary/aromatic N) is 1. The van der Waals surface area contributed by atoms with Crippen LogP contribution >= 0.6 is 0 Å². The van der Waals surface area contributed by atoms with Crippen LogP contribution in [0.5, 0.6) is 0 Å². The smallest absolute Gasteiger partial charge is 0.0729 e. The second-order valence-corrected chi connectivity index (χ2v) is 7.24. The Hall–Kier alpha value is -0.900. The molecular formula is C17H21NO2. The van der Waals surface area contributed by atoms with Gasteiger partial charge in [0, 0.05) is 18.6 Å². The van der Waals surface area contributed by atoms with Crippen LogP contribution in [0.25, 0.3) is 0 Å². The lowest BCUT2D eigenvalue weighted by Crippen LogP contribution is -2.60. The molecule has 5 rings (SSSR count). The molecule has 8 atom stereocenters. The number of hydrogen-bond donors (Lipinski definition) is 2. The Labute approximate surface area is 119 Å². The van der Waals surface area contributed by atoms with Crippen molar-refractivity contribution in [3.63, 3.8) is 0 Å². The molecule has 0 amide bonds. The zero-order chi connectivity index (χ0) is 13.4. The minimum atomic E-state index is -0.164. The quantitative estimate of drug-likeness (QED) is 0.851. The molecule has 2 N–H and O–H groups in total. The summed E-state index contributed by atoms with van der Waals surface area (Å²) in [7, 11) is 0. The van der Waals surface area contributed by atoms with Crippen molar-refractivity contribution < 1.29 is 10.2 Å². The molecule has 106 valence electrons. The van der Waals surface area contributed by atoms with E-state index in [4.69, 9.17) is 0 Å². The van der Waals surface area contributed by atoms with E-state index in [1.807, 2.05) is 6.07 Å². The van der Waals surface area contributed by atoms with Crippen LogP contribution in [0.3, 0.4) is 0 Å². The van der Waals surface area contributed by atoms with Crippen molar-refractivity contribution in [2.24, 2.45) is 23.7 Å². The summed E-state index contributed by atoms with van der Waals surface area (Å²) in [6, 6.07) is 11.0. The molecule has 1 saturated heterocycles. The van der Waals surface area contributed by atoms with Crippen molar-refractivity contribution in [1.29, 1.82) is 0 Å². The molecule has 0 aromatic heterocycles. The molecule has 0 radical (unpaired) electrons. The lowest BCUT2D eigenvalue weighted by atomic mass is 9.75. The van der Waals surface area contributed by atoms with Crippen LogP contribution < -0.4 is 0 Å². The van der Waals surface area contributed by atoms with E-state index < -0.39 is 0 Å². The maximum atomic E-state index is 10.6. The summed E-state index contributed by atoms with van der Waals surface area (Å²) >= 11 is 0. The molecular weight excluding hydrogens is 250 g/mol. The summed E-state index contributed by atoms with van der Waals surface area (Å²) in [5, 5.41) is 21.3. The third-order valence-corrected chi connectivity index (χ3v) is 6.63. The van der Waals surface area contributed by atoms with E-state index in [9.17, 15) is 10.2 Å². The van der Waals surface area contributed by atoms with Crippen molar-refractivity contribution in [2.75, 3.05) is 0 Å². The summed E-state index contributed by atoms with van der Waals surface area (Å²) in [6.07, 6.45) is 1.90. The van der Waals surface area contributed by atoms with E-state index >= 15 is 0 Å². The predicted molar refractivity (Wildman–Crippen MR) is 74.8 cm³/mol. The molecule has 4 bridgehead atoms. The van der Waals surface area contributed by atoms with Gasteiger partial charge in [0.2, 0.25) is 0 Å². The zero-order valence-corrected chi connectivity index (χ0v) is 11.5. The summed E-state index contributed by atoms with van der Waals surface area (Å²) in [5.41, 5.74) is 1.29. The monoisotopic (exact) mass is 271 g/mol. The first-order valence-corrected chi connectivity index (χ1v) is 7.91. The molecule has 4 fully saturated rings. The standard InChI is InChI=1S/C17H21NO2/c19-16-11-6-12-14-10(11)7-13(17(14)20)18(15(12)16)8-9-4-2-1-3-5-9/h1-5,10-17,19-20H,6-8H2/t10-,11+,12-,13-,14+,15+,16-,17+/m1/s1.